The van der Waals surface area contributed by atoms with Gasteiger partial charge in [-0.05, 0) is 42.8 Å². The first kappa shape index (κ1) is 21.4. The van der Waals surface area contributed by atoms with Crippen LogP contribution in [0.25, 0.3) is 11.3 Å². The molecule has 0 atom stereocenters. The van der Waals surface area contributed by atoms with Crippen LogP contribution in [0.3, 0.4) is 0 Å². The van der Waals surface area contributed by atoms with Gasteiger partial charge in [0, 0.05) is 22.0 Å². The lowest BCUT2D eigenvalue weighted by Crippen LogP contribution is -2.20. The van der Waals surface area contributed by atoms with Crippen molar-refractivity contribution in [1.29, 1.82) is 0 Å². The number of nitrogens with zero attached hydrogens (tertiary/aromatic N) is 1. The average molecular weight is 451 g/mol. The summed E-state index contributed by atoms with van der Waals surface area (Å²) in [7, 11) is 0. The zero-order valence-corrected chi connectivity index (χ0v) is 18.1. The number of carbonyl (C=O) groups is 1. The average Bonchev–Trinajstić information content (AvgIpc) is 3.18. The molecule has 3 aromatic rings. The van der Waals surface area contributed by atoms with Crippen molar-refractivity contribution in [3.8, 4) is 22.8 Å². The number of carbonyl (C=O) groups excluding carboxylic acids is 1. The number of thiazole rings is 1. The number of ether oxygens (including phenoxy) is 2. The summed E-state index contributed by atoms with van der Waals surface area (Å²) in [5, 5.41) is 5.98. The van der Waals surface area contributed by atoms with Crippen molar-refractivity contribution >= 4 is 45.6 Å². The van der Waals surface area contributed by atoms with Gasteiger partial charge in [0.1, 0.15) is 11.5 Å². The van der Waals surface area contributed by atoms with Gasteiger partial charge in [-0.1, -0.05) is 36.5 Å². The molecule has 1 amide bonds. The summed E-state index contributed by atoms with van der Waals surface area (Å²) in [4.78, 5) is 16.6. The van der Waals surface area contributed by atoms with Crippen LogP contribution in [0.5, 0.6) is 11.5 Å². The van der Waals surface area contributed by atoms with Gasteiger partial charge in [0.25, 0.3) is 5.91 Å². The van der Waals surface area contributed by atoms with Gasteiger partial charge in [0.2, 0.25) is 0 Å². The maximum Gasteiger partial charge on any atom is 0.264 e. The van der Waals surface area contributed by atoms with E-state index in [4.69, 9.17) is 32.7 Å². The van der Waals surface area contributed by atoms with Crippen molar-refractivity contribution in [3.63, 3.8) is 0 Å². The number of benzene rings is 2. The monoisotopic (exact) mass is 450 g/mol. The molecule has 5 nitrogen and oxygen atoms in total. The second-order valence-corrected chi connectivity index (χ2v) is 7.88. The SMILES string of the molecule is CCCCOc1ccc(-c2csc(NC(=O)COc3cc(Cl)ccc3Cl)n2)cc1. The molecular weight excluding hydrogens is 431 g/mol. The summed E-state index contributed by atoms with van der Waals surface area (Å²) in [6.07, 6.45) is 2.13. The molecule has 0 saturated carbocycles. The molecule has 2 aromatic carbocycles. The Kier molecular flexibility index (Phi) is 7.75. The van der Waals surface area contributed by atoms with E-state index < -0.39 is 0 Å². The minimum absolute atomic E-state index is 0.196. The number of amides is 1. The Morgan fingerprint density at radius 1 is 1.14 bits per heavy atom. The zero-order valence-electron chi connectivity index (χ0n) is 15.8. The Labute approximate surface area is 183 Å². The van der Waals surface area contributed by atoms with Crippen molar-refractivity contribution in [2.24, 2.45) is 0 Å². The fourth-order valence-corrected chi connectivity index (χ4v) is 3.48. The molecule has 0 aliphatic heterocycles. The third-order valence-electron chi connectivity index (χ3n) is 3.92. The van der Waals surface area contributed by atoms with Gasteiger partial charge >= 0.3 is 0 Å². The van der Waals surface area contributed by atoms with E-state index in [9.17, 15) is 4.79 Å². The minimum Gasteiger partial charge on any atom is -0.494 e. The largest absolute Gasteiger partial charge is 0.494 e. The Morgan fingerprint density at radius 2 is 1.93 bits per heavy atom. The predicted molar refractivity (Wildman–Crippen MR) is 119 cm³/mol. The van der Waals surface area contributed by atoms with E-state index in [2.05, 4.69) is 17.2 Å². The maximum absolute atomic E-state index is 12.1. The van der Waals surface area contributed by atoms with Crippen LogP contribution in [-0.2, 0) is 4.79 Å². The Hall–Kier alpha value is -2.28. The van der Waals surface area contributed by atoms with Crippen LogP contribution >= 0.6 is 34.5 Å². The highest BCUT2D eigenvalue weighted by atomic mass is 35.5. The van der Waals surface area contributed by atoms with Crippen molar-refractivity contribution in [2.45, 2.75) is 19.8 Å². The first-order valence-electron chi connectivity index (χ1n) is 9.11. The minimum atomic E-state index is -0.332. The second kappa shape index (κ2) is 10.5. The molecule has 0 aliphatic rings. The van der Waals surface area contributed by atoms with Crippen molar-refractivity contribution in [2.75, 3.05) is 18.5 Å². The fourth-order valence-electron chi connectivity index (χ4n) is 2.41. The highest BCUT2D eigenvalue weighted by Crippen LogP contribution is 2.28. The number of aromatic nitrogens is 1. The molecule has 0 radical (unpaired) electrons. The number of nitrogens with one attached hydrogen (secondary N) is 1. The summed E-state index contributed by atoms with van der Waals surface area (Å²) >= 11 is 13.3. The molecule has 0 unspecified atom stereocenters. The number of hydrogen-bond donors (Lipinski definition) is 1. The highest BCUT2D eigenvalue weighted by molar-refractivity contribution is 7.14. The van der Waals surface area contributed by atoms with E-state index in [1.165, 1.54) is 11.3 Å². The van der Waals surface area contributed by atoms with E-state index >= 15 is 0 Å². The number of halogens is 2. The summed E-state index contributed by atoms with van der Waals surface area (Å²) in [6.45, 7) is 2.65. The predicted octanol–water partition coefficient (Wildman–Crippen LogP) is 6.31. The van der Waals surface area contributed by atoms with E-state index in [1.807, 2.05) is 29.6 Å². The lowest BCUT2D eigenvalue weighted by molar-refractivity contribution is -0.118. The highest BCUT2D eigenvalue weighted by Gasteiger charge is 2.10. The fraction of sp³-hybridized carbons (Fsp3) is 0.238. The molecule has 0 saturated heterocycles. The van der Waals surface area contributed by atoms with E-state index in [0.29, 0.717) is 27.5 Å². The van der Waals surface area contributed by atoms with Gasteiger partial charge in [-0.2, -0.15) is 0 Å². The number of hydrogen-bond acceptors (Lipinski definition) is 5. The molecule has 0 aliphatic carbocycles. The van der Waals surface area contributed by atoms with Crippen LogP contribution < -0.4 is 14.8 Å². The summed E-state index contributed by atoms with van der Waals surface area (Å²) in [5.41, 5.74) is 1.73. The summed E-state index contributed by atoms with van der Waals surface area (Å²) < 4.78 is 11.1. The molecule has 0 bridgehead atoms. The van der Waals surface area contributed by atoms with Gasteiger partial charge < -0.3 is 9.47 Å². The van der Waals surface area contributed by atoms with Crippen LogP contribution in [0.4, 0.5) is 5.13 Å². The van der Waals surface area contributed by atoms with Crippen LogP contribution in [-0.4, -0.2) is 24.1 Å². The standard InChI is InChI=1S/C21H20Cl2N2O3S/c1-2-3-10-27-16-7-4-14(5-8-16)18-13-29-21(24-18)25-20(26)12-28-19-11-15(22)6-9-17(19)23/h4-9,11,13H,2-3,10,12H2,1H3,(H,24,25,26). The number of rotatable bonds is 9. The molecule has 152 valence electrons. The summed E-state index contributed by atoms with van der Waals surface area (Å²) in [6, 6.07) is 12.6. The molecule has 1 N–H and O–H groups in total. The molecule has 8 heteroatoms. The van der Waals surface area contributed by atoms with Crippen LogP contribution in [0.1, 0.15) is 19.8 Å². The second-order valence-electron chi connectivity index (χ2n) is 6.18. The molecule has 29 heavy (non-hydrogen) atoms. The third kappa shape index (κ3) is 6.35. The van der Waals surface area contributed by atoms with Gasteiger partial charge in [0.05, 0.1) is 17.3 Å². The topological polar surface area (TPSA) is 60.5 Å². The molecular formula is C21H20Cl2N2O3S. The van der Waals surface area contributed by atoms with Gasteiger partial charge in [-0.25, -0.2) is 4.98 Å². The normalized spacial score (nSPS) is 10.6. The zero-order chi connectivity index (χ0) is 20.6. The Bertz CT molecular complexity index is 961. The lowest BCUT2D eigenvalue weighted by Gasteiger charge is -2.08. The van der Waals surface area contributed by atoms with Crippen molar-refractivity contribution in [1.82, 2.24) is 4.98 Å². The number of anilines is 1. The van der Waals surface area contributed by atoms with E-state index in [1.54, 1.807) is 18.2 Å². The van der Waals surface area contributed by atoms with E-state index in [0.717, 1.165) is 29.8 Å². The van der Waals surface area contributed by atoms with Gasteiger partial charge in [0.15, 0.2) is 11.7 Å². The maximum atomic E-state index is 12.1. The first-order chi connectivity index (χ1) is 14.0. The third-order valence-corrected chi connectivity index (χ3v) is 5.22. The quantitative estimate of drug-likeness (QED) is 0.387. The Morgan fingerprint density at radius 3 is 2.69 bits per heavy atom. The number of unbranched alkanes of at least 4 members (excludes halogenated alkanes) is 1. The Balaban J connectivity index is 1.54. The molecule has 3 rings (SSSR count). The van der Waals surface area contributed by atoms with Crippen LogP contribution in [0.2, 0.25) is 10.0 Å². The molecule has 0 fully saturated rings. The summed E-state index contributed by atoms with van der Waals surface area (Å²) in [5.74, 6) is 0.861. The van der Waals surface area contributed by atoms with Crippen LogP contribution in [0, 0.1) is 0 Å². The molecule has 0 spiro atoms. The van der Waals surface area contributed by atoms with Crippen molar-refractivity contribution in [3.05, 3.63) is 57.9 Å². The van der Waals surface area contributed by atoms with Crippen LogP contribution in [0.15, 0.2) is 47.8 Å². The van der Waals surface area contributed by atoms with Crippen molar-refractivity contribution < 1.29 is 14.3 Å². The smallest absolute Gasteiger partial charge is 0.264 e. The molecule has 1 aromatic heterocycles. The lowest BCUT2D eigenvalue weighted by atomic mass is 10.2. The molecule has 1 heterocycles. The van der Waals surface area contributed by atoms with Gasteiger partial charge in [-0.15, -0.1) is 11.3 Å². The van der Waals surface area contributed by atoms with E-state index in [-0.39, 0.29) is 12.5 Å². The van der Waals surface area contributed by atoms with Gasteiger partial charge in [-0.3, -0.25) is 10.1 Å². The first-order valence-corrected chi connectivity index (χ1v) is 10.7.